The van der Waals surface area contributed by atoms with E-state index >= 15 is 0 Å². The number of amides is 1. The van der Waals surface area contributed by atoms with Crippen LogP contribution < -0.4 is 10.1 Å². The second-order valence-corrected chi connectivity index (χ2v) is 6.28. The number of hydrogen-bond acceptors (Lipinski definition) is 6. The molecule has 0 radical (unpaired) electrons. The third-order valence-electron chi connectivity index (χ3n) is 4.55. The molecule has 0 unspecified atom stereocenters. The fourth-order valence-corrected chi connectivity index (χ4v) is 3.11. The molecule has 0 fully saturated rings. The maximum atomic E-state index is 12.8. The Kier molecular flexibility index (Phi) is 4.63. The van der Waals surface area contributed by atoms with Gasteiger partial charge >= 0.3 is 0 Å². The maximum absolute atomic E-state index is 12.8. The summed E-state index contributed by atoms with van der Waals surface area (Å²) >= 11 is 0. The SMILES string of the molecule is COc1ncc(NC(=O)c2cnn(-c3cncc4ccccc34)c2C)cc1C#N. The van der Waals surface area contributed by atoms with Crippen LogP contribution in [0.4, 0.5) is 5.69 Å². The highest BCUT2D eigenvalue weighted by atomic mass is 16.5. The molecule has 0 aliphatic rings. The largest absolute Gasteiger partial charge is 0.480 e. The third kappa shape index (κ3) is 3.26. The molecular formula is C21H16N6O2. The summed E-state index contributed by atoms with van der Waals surface area (Å²) in [5, 5.41) is 18.3. The van der Waals surface area contributed by atoms with Crippen LogP contribution in [0.15, 0.2) is 55.1 Å². The Hall–Kier alpha value is -4.25. The highest BCUT2D eigenvalue weighted by Crippen LogP contribution is 2.24. The van der Waals surface area contributed by atoms with Gasteiger partial charge in [-0.15, -0.1) is 0 Å². The van der Waals surface area contributed by atoms with Crippen LogP contribution in [-0.4, -0.2) is 32.8 Å². The molecular weight excluding hydrogens is 368 g/mol. The van der Waals surface area contributed by atoms with Crippen LogP contribution in [0, 0.1) is 18.3 Å². The molecule has 1 aromatic carbocycles. The van der Waals surface area contributed by atoms with E-state index in [-0.39, 0.29) is 17.4 Å². The van der Waals surface area contributed by atoms with E-state index < -0.39 is 0 Å². The van der Waals surface area contributed by atoms with Crippen molar-refractivity contribution >= 4 is 22.4 Å². The molecule has 0 aliphatic carbocycles. The van der Waals surface area contributed by atoms with Crippen molar-refractivity contribution in [3.8, 4) is 17.6 Å². The number of fused-ring (bicyclic) bond motifs is 1. The van der Waals surface area contributed by atoms with E-state index in [4.69, 9.17) is 4.74 Å². The van der Waals surface area contributed by atoms with Crippen molar-refractivity contribution in [1.29, 1.82) is 5.26 Å². The standard InChI is InChI=1S/C21H16N6O2/c1-13-18(20(28)26-16-7-15(8-22)21(29-2)24-10-16)11-25-27(13)19-12-23-9-14-5-3-4-6-17(14)19/h3-7,9-12H,1-2H3,(H,26,28). The number of anilines is 1. The van der Waals surface area contributed by atoms with E-state index in [1.165, 1.54) is 25.6 Å². The molecule has 3 aromatic heterocycles. The first-order valence-corrected chi connectivity index (χ1v) is 8.75. The zero-order valence-electron chi connectivity index (χ0n) is 15.7. The number of nitrogens with zero attached hydrogens (tertiary/aromatic N) is 5. The van der Waals surface area contributed by atoms with Crippen molar-refractivity contribution in [2.45, 2.75) is 6.92 Å². The summed E-state index contributed by atoms with van der Waals surface area (Å²) in [6.07, 6.45) is 6.45. The Morgan fingerprint density at radius 3 is 2.83 bits per heavy atom. The van der Waals surface area contributed by atoms with Crippen molar-refractivity contribution in [2.75, 3.05) is 12.4 Å². The van der Waals surface area contributed by atoms with Gasteiger partial charge in [0.15, 0.2) is 0 Å². The monoisotopic (exact) mass is 384 g/mol. The lowest BCUT2D eigenvalue weighted by Gasteiger charge is -2.09. The number of hydrogen-bond donors (Lipinski definition) is 1. The first-order valence-electron chi connectivity index (χ1n) is 8.75. The van der Waals surface area contributed by atoms with Gasteiger partial charge in [0.25, 0.3) is 5.91 Å². The van der Waals surface area contributed by atoms with E-state index in [1.54, 1.807) is 17.1 Å². The van der Waals surface area contributed by atoms with Gasteiger partial charge in [0.1, 0.15) is 11.6 Å². The lowest BCUT2D eigenvalue weighted by molar-refractivity contribution is 0.102. The van der Waals surface area contributed by atoms with Crippen molar-refractivity contribution in [3.05, 3.63) is 71.9 Å². The number of carbonyl (C=O) groups excluding carboxylic acids is 1. The fraction of sp³-hybridized carbons (Fsp3) is 0.0952. The molecule has 0 aliphatic heterocycles. The molecule has 4 aromatic rings. The molecule has 0 saturated carbocycles. The normalized spacial score (nSPS) is 10.5. The van der Waals surface area contributed by atoms with Crippen LogP contribution >= 0.6 is 0 Å². The Morgan fingerprint density at radius 2 is 2.03 bits per heavy atom. The van der Waals surface area contributed by atoms with Gasteiger partial charge in [-0.05, 0) is 13.0 Å². The van der Waals surface area contributed by atoms with Crippen molar-refractivity contribution in [3.63, 3.8) is 0 Å². The number of ether oxygens (including phenoxy) is 1. The molecule has 142 valence electrons. The lowest BCUT2D eigenvalue weighted by atomic mass is 10.1. The minimum Gasteiger partial charge on any atom is -0.480 e. The van der Waals surface area contributed by atoms with E-state index in [2.05, 4.69) is 20.4 Å². The zero-order chi connectivity index (χ0) is 20.4. The van der Waals surface area contributed by atoms with Gasteiger partial charge in [-0.3, -0.25) is 9.78 Å². The Bertz CT molecular complexity index is 1270. The summed E-state index contributed by atoms with van der Waals surface area (Å²) in [5.74, 6) is -0.143. The van der Waals surface area contributed by atoms with Gasteiger partial charge in [0.05, 0.1) is 48.3 Å². The average Bonchev–Trinajstić information content (AvgIpc) is 3.14. The summed E-state index contributed by atoms with van der Waals surface area (Å²) < 4.78 is 6.71. The summed E-state index contributed by atoms with van der Waals surface area (Å²) in [7, 11) is 1.43. The number of aromatic nitrogens is 4. The molecule has 1 amide bonds. The van der Waals surface area contributed by atoms with Crippen molar-refractivity contribution < 1.29 is 9.53 Å². The highest BCUT2D eigenvalue weighted by molar-refractivity contribution is 6.05. The molecule has 1 N–H and O–H groups in total. The van der Waals surface area contributed by atoms with E-state index in [0.717, 1.165) is 16.5 Å². The van der Waals surface area contributed by atoms with Crippen LogP contribution in [-0.2, 0) is 0 Å². The fourth-order valence-electron chi connectivity index (χ4n) is 3.11. The van der Waals surface area contributed by atoms with E-state index in [0.29, 0.717) is 16.9 Å². The van der Waals surface area contributed by atoms with Crippen LogP contribution in [0.3, 0.4) is 0 Å². The maximum Gasteiger partial charge on any atom is 0.259 e. The number of methoxy groups -OCH3 is 1. The minimum absolute atomic E-state index is 0.206. The predicted molar refractivity (Wildman–Crippen MR) is 107 cm³/mol. The number of rotatable bonds is 4. The second-order valence-electron chi connectivity index (χ2n) is 6.28. The van der Waals surface area contributed by atoms with E-state index in [1.807, 2.05) is 37.3 Å². The van der Waals surface area contributed by atoms with Crippen LogP contribution in [0.1, 0.15) is 21.6 Å². The Labute approximate surface area is 166 Å². The van der Waals surface area contributed by atoms with Gasteiger partial charge in [0, 0.05) is 17.0 Å². The summed E-state index contributed by atoms with van der Waals surface area (Å²) in [6.45, 7) is 1.82. The quantitative estimate of drug-likeness (QED) is 0.579. The molecule has 8 nitrogen and oxygen atoms in total. The third-order valence-corrected chi connectivity index (χ3v) is 4.55. The van der Waals surface area contributed by atoms with Gasteiger partial charge in [-0.25, -0.2) is 9.67 Å². The number of nitrogens with one attached hydrogen (secondary N) is 1. The Morgan fingerprint density at radius 1 is 1.21 bits per heavy atom. The molecule has 0 saturated heterocycles. The van der Waals surface area contributed by atoms with E-state index in [9.17, 15) is 10.1 Å². The zero-order valence-corrected chi connectivity index (χ0v) is 15.7. The molecule has 0 bridgehead atoms. The van der Waals surface area contributed by atoms with Crippen molar-refractivity contribution in [1.82, 2.24) is 19.7 Å². The number of carbonyl (C=O) groups is 1. The summed E-state index contributed by atoms with van der Waals surface area (Å²) in [6, 6.07) is 11.4. The summed E-state index contributed by atoms with van der Waals surface area (Å²) in [4.78, 5) is 21.1. The molecule has 29 heavy (non-hydrogen) atoms. The molecule has 8 heteroatoms. The van der Waals surface area contributed by atoms with Crippen LogP contribution in [0.25, 0.3) is 16.5 Å². The number of benzene rings is 1. The smallest absolute Gasteiger partial charge is 0.259 e. The predicted octanol–water partition coefficient (Wildman–Crippen LogP) is 3.26. The molecule has 3 heterocycles. The number of pyridine rings is 2. The van der Waals surface area contributed by atoms with Gasteiger partial charge in [0.2, 0.25) is 5.88 Å². The van der Waals surface area contributed by atoms with Crippen LogP contribution in [0.5, 0.6) is 5.88 Å². The summed E-state index contributed by atoms with van der Waals surface area (Å²) in [5.41, 5.74) is 2.50. The van der Waals surface area contributed by atoms with Gasteiger partial charge in [-0.2, -0.15) is 10.4 Å². The Balaban J connectivity index is 1.67. The van der Waals surface area contributed by atoms with Crippen LogP contribution in [0.2, 0.25) is 0 Å². The number of nitriles is 1. The first kappa shape index (κ1) is 18.1. The minimum atomic E-state index is -0.349. The topological polar surface area (TPSA) is 106 Å². The highest BCUT2D eigenvalue weighted by Gasteiger charge is 2.17. The average molecular weight is 384 g/mol. The lowest BCUT2D eigenvalue weighted by Crippen LogP contribution is -2.13. The second kappa shape index (κ2) is 7.40. The molecule has 0 atom stereocenters. The molecule has 4 rings (SSSR count). The van der Waals surface area contributed by atoms with Crippen molar-refractivity contribution in [2.24, 2.45) is 0 Å². The molecule has 0 spiro atoms. The van der Waals surface area contributed by atoms with Gasteiger partial charge < -0.3 is 10.1 Å². The van der Waals surface area contributed by atoms with Gasteiger partial charge in [-0.1, -0.05) is 24.3 Å². The first-order chi connectivity index (χ1) is 14.1.